The van der Waals surface area contributed by atoms with Crippen molar-refractivity contribution in [1.82, 2.24) is 35.7 Å². The molecule has 9 nitrogen and oxygen atoms in total. The number of carbonyl (C=O) groups excluding carboxylic acids is 1. The molecule has 2 atom stereocenters. The van der Waals surface area contributed by atoms with Crippen molar-refractivity contribution >= 4 is 27.8 Å². The smallest absolute Gasteiger partial charge is 0.315 e. The van der Waals surface area contributed by atoms with Gasteiger partial charge in [0.25, 0.3) is 0 Å². The summed E-state index contributed by atoms with van der Waals surface area (Å²) in [6.45, 7) is 8.19. The number of H-pyrrole nitrogens is 1. The van der Waals surface area contributed by atoms with Crippen LogP contribution in [0.4, 0.5) is 0 Å². The highest BCUT2D eigenvalue weighted by atomic mass is 16.5. The predicted molar refractivity (Wildman–Crippen MR) is 151 cm³/mol. The molecule has 6 rings (SSSR count). The zero-order chi connectivity index (χ0) is 26.9. The number of hydrogen-bond acceptors (Lipinski definition) is 7. The van der Waals surface area contributed by atoms with Gasteiger partial charge in [0, 0.05) is 29.4 Å². The molecule has 0 saturated carbocycles. The van der Waals surface area contributed by atoms with Gasteiger partial charge in [0.15, 0.2) is 5.82 Å². The zero-order valence-electron chi connectivity index (χ0n) is 22.5. The summed E-state index contributed by atoms with van der Waals surface area (Å²) in [7, 11) is 0. The maximum atomic E-state index is 12.7. The van der Waals surface area contributed by atoms with Gasteiger partial charge in [-0.25, -0.2) is 9.97 Å². The topological polar surface area (TPSA) is 122 Å². The van der Waals surface area contributed by atoms with Crippen LogP contribution in [0.15, 0.2) is 47.2 Å². The van der Waals surface area contributed by atoms with Gasteiger partial charge in [0.2, 0.25) is 0 Å². The molecule has 1 aliphatic rings. The summed E-state index contributed by atoms with van der Waals surface area (Å²) in [6, 6.07) is 12.7. The summed E-state index contributed by atoms with van der Waals surface area (Å²) in [6.07, 6.45) is 5.47. The summed E-state index contributed by atoms with van der Waals surface area (Å²) in [4.78, 5) is 29.7. The van der Waals surface area contributed by atoms with E-state index in [0.29, 0.717) is 18.2 Å². The standard InChI is InChI=1S/C30H33N7O2/c1-4-5-6-25-36-30(39-37-25)29(38)34-18(3)22-9-8-20(13-17(22)2)27-26-23-10-7-19(21-11-12-31-15-21)14-24(23)35-28(26)33-16-32-27/h7-10,13-14,16,18,21,31H,4-6,11-12,15H2,1-3H3,(H,34,38)(H,32,33,35)/t18-,21?/m1/s1. The van der Waals surface area contributed by atoms with Crippen molar-refractivity contribution in [2.45, 2.75) is 58.4 Å². The number of benzene rings is 2. The van der Waals surface area contributed by atoms with Crippen molar-refractivity contribution < 1.29 is 9.32 Å². The first kappa shape index (κ1) is 25.2. The number of aromatic nitrogens is 5. The van der Waals surface area contributed by atoms with E-state index in [0.717, 1.165) is 76.7 Å². The third kappa shape index (κ3) is 4.90. The van der Waals surface area contributed by atoms with Crippen LogP contribution in [0.2, 0.25) is 0 Å². The Morgan fingerprint density at radius 2 is 2.10 bits per heavy atom. The van der Waals surface area contributed by atoms with Gasteiger partial charge in [-0.3, -0.25) is 4.79 Å². The van der Waals surface area contributed by atoms with Gasteiger partial charge >= 0.3 is 11.8 Å². The second kappa shape index (κ2) is 10.6. The molecular formula is C30H33N7O2. The van der Waals surface area contributed by atoms with Crippen LogP contribution in [0.25, 0.3) is 33.2 Å². The second-order valence-electron chi connectivity index (χ2n) is 10.5. The van der Waals surface area contributed by atoms with Crippen LogP contribution in [-0.4, -0.2) is 44.1 Å². The molecule has 0 aliphatic carbocycles. The lowest BCUT2D eigenvalue weighted by molar-refractivity contribution is 0.0895. The average Bonchev–Trinajstić information content (AvgIpc) is 3.71. The van der Waals surface area contributed by atoms with Crippen LogP contribution in [0, 0.1) is 6.92 Å². The minimum absolute atomic E-state index is 0.00251. The Bertz CT molecular complexity index is 1650. The van der Waals surface area contributed by atoms with E-state index in [1.54, 1.807) is 6.33 Å². The fourth-order valence-electron chi connectivity index (χ4n) is 5.59. The minimum Gasteiger partial charge on any atom is -0.341 e. The summed E-state index contributed by atoms with van der Waals surface area (Å²) in [5.41, 5.74) is 7.22. The third-order valence-corrected chi connectivity index (χ3v) is 7.72. The largest absolute Gasteiger partial charge is 0.341 e. The Kier molecular flexibility index (Phi) is 6.83. The van der Waals surface area contributed by atoms with E-state index < -0.39 is 0 Å². The molecule has 0 bridgehead atoms. The third-order valence-electron chi connectivity index (χ3n) is 7.72. The van der Waals surface area contributed by atoms with Crippen LogP contribution in [0.3, 0.4) is 0 Å². The van der Waals surface area contributed by atoms with Gasteiger partial charge in [0.05, 0.1) is 17.1 Å². The van der Waals surface area contributed by atoms with E-state index in [-0.39, 0.29) is 17.8 Å². The van der Waals surface area contributed by atoms with E-state index >= 15 is 0 Å². The first-order valence-electron chi connectivity index (χ1n) is 13.7. The molecule has 4 heterocycles. The fraction of sp³-hybridized carbons (Fsp3) is 0.367. The molecule has 1 unspecified atom stereocenters. The molecule has 1 fully saturated rings. The quantitative estimate of drug-likeness (QED) is 0.250. The highest BCUT2D eigenvalue weighted by Crippen LogP contribution is 2.35. The number of rotatable bonds is 8. The number of amides is 1. The van der Waals surface area contributed by atoms with Crippen LogP contribution in [-0.2, 0) is 6.42 Å². The molecule has 0 spiro atoms. The van der Waals surface area contributed by atoms with Crippen molar-refractivity contribution in [3.05, 3.63) is 71.1 Å². The summed E-state index contributed by atoms with van der Waals surface area (Å²) >= 11 is 0. The SMILES string of the molecule is CCCCc1noc(C(=O)N[C@H](C)c2ccc(-c3ncnc4[nH]c5cc(C6CCNC6)ccc5c34)cc2C)n1. The molecule has 2 aromatic carbocycles. The molecule has 5 aromatic rings. The second-order valence-corrected chi connectivity index (χ2v) is 10.5. The van der Waals surface area contributed by atoms with Crippen molar-refractivity contribution in [3.8, 4) is 11.3 Å². The monoisotopic (exact) mass is 523 g/mol. The Morgan fingerprint density at radius 3 is 2.90 bits per heavy atom. The molecular weight excluding hydrogens is 490 g/mol. The maximum absolute atomic E-state index is 12.7. The Labute approximate surface area is 226 Å². The number of aryl methyl sites for hydroxylation is 2. The lowest BCUT2D eigenvalue weighted by Crippen LogP contribution is -2.27. The number of nitrogens with zero attached hydrogens (tertiary/aromatic N) is 4. The number of fused-ring (bicyclic) bond motifs is 3. The Morgan fingerprint density at radius 1 is 1.21 bits per heavy atom. The highest BCUT2D eigenvalue weighted by molar-refractivity contribution is 6.12. The molecule has 1 aliphatic heterocycles. The summed E-state index contributed by atoms with van der Waals surface area (Å²) in [5.74, 6) is 0.741. The molecule has 3 aromatic heterocycles. The number of hydrogen-bond donors (Lipinski definition) is 3. The van der Waals surface area contributed by atoms with Gasteiger partial charge in [-0.05, 0) is 68.0 Å². The van der Waals surface area contributed by atoms with Crippen LogP contribution in [0.5, 0.6) is 0 Å². The molecule has 9 heteroatoms. The van der Waals surface area contributed by atoms with Crippen molar-refractivity contribution in [1.29, 1.82) is 0 Å². The van der Waals surface area contributed by atoms with Gasteiger partial charge in [0.1, 0.15) is 12.0 Å². The molecule has 0 radical (unpaired) electrons. The normalized spacial score (nSPS) is 16.2. The Balaban J connectivity index is 1.26. The maximum Gasteiger partial charge on any atom is 0.315 e. The van der Waals surface area contributed by atoms with Crippen LogP contribution < -0.4 is 10.6 Å². The molecule has 1 saturated heterocycles. The van der Waals surface area contributed by atoms with Gasteiger partial charge in [-0.2, -0.15) is 4.98 Å². The molecule has 200 valence electrons. The highest BCUT2D eigenvalue weighted by Gasteiger charge is 2.21. The van der Waals surface area contributed by atoms with E-state index in [1.807, 2.05) is 19.9 Å². The molecule has 1 amide bonds. The number of nitrogens with one attached hydrogen (secondary N) is 3. The molecule has 39 heavy (non-hydrogen) atoms. The number of carbonyl (C=O) groups is 1. The van der Waals surface area contributed by atoms with Crippen molar-refractivity contribution in [2.24, 2.45) is 0 Å². The lowest BCUT2D eigenvalue weighted by Gasteiger charge is -2.16. The molecule has 3 N–H and O–H groups in total. The van der Waals surface area contributed by atoms with E-state index in [1.165, 1.54) is 5.56 Å². The van der Waals surface area contributed by atoms with Crippen LogP contribution in [0.1, 0.15) is 78.3 Å². The average molecular weight is 524 g/mol. The van der Waals surface area contributed by atoms with Crippen molar-refractivity contribution in [3.63, 3.8) is 0 Å². The Hall–Kier alpha value is -4.11. The summed E-state index contributed by atoms with van der Waals surface area (Å²) in [5, 5.41) is 12.5. The van der Waals surface area contributed by atoms with Gasteiger partial charge < -0.3 is 20.1 Å². The van der Waals surface area contributed by atoms with E-state index in [4.69, 9.17) is 4.52 Å². The minimum atomic E-state index is -0.370. The first-order valence-corrected chi connectivity index (χ1v) is 13.7. The fourth-order valence-corrected chi connectivity index (χ4v) is 5.59. The van der Waals surface area contributed by atoms with Gasteiger partial charge in [-0.15, -0.1) is 0 Å². The summed E-state index contributed by atoms with van der Waals surface area (Å²) < 4.78 is 5.18. The number of aromatic amines is 1. The number of unbranched alkanes of at least 4 members (excludes halogenated alkanes) is 1. The zero-order valence-corrected chi connectivity index (χ0v) is 22.5. The van der Waals surface area contributed by atoms with Crippen LogP contribution >= 0.6 is 0 Å². The first-order chi connectivity index (χ1) is 19.0. The van der Waals surface area contributed by atoms with Gasteiger partial charge in [-0.1, -0.05) is 42.8 Å². The predicted octanol–water partition coefficient (Wildman–Crippen LogP) is 5.38. The van der Waals surface area contributed by atoms with E-state index in [2.05, 4.69) is 73.0 Å². The van der Waals surface area contributed by atoms with E-state index in [9.17, 15) is 4.79 Å². The lowest BCUT2D eigenvalue weighted by atomic mass is 9.95. The van der Waals surface area contributed by atoms with Crippen molar-refractivity contribution in [2.75, 3.05) is 13.1 Å².